The van der Waals surface area contributed by atoms with Crippen molar-refractivity contribution in [3.05, 3.63) is 23.2 Å². The van der Waals surface area contributed by atoms with Crippen LogP contribution in [0.3, 0.4) is 0 Å². The monoisotopic (exact) mass is 227 g/mol. The highest BCUT2D eigenvalue weighted by Crippen LogP contribution is 2.24. The lowest BCUT2D eigenvalue weighted by Crippen LogP contribution is -2.41. The highest BCUT2D eigenvalue weighted by Gasteiger charge is 2.23. The van der Waals surface area contributed by atoms with E-state index in [4.69, 9.17) is 0 Å². The molecule has 0 aliphatic heterocycles. The van der Waals surface area contributed by atoms with Crippen molar-refractivity contribution >= 4 is 0 Å². The van der Waals surface area contributed by atoms with Gasteiger partial charge in [0.2, 0.25) is 0 Å². The van der Waals surface area contributed by atoms with Gasteiger partial charge < -0.3 is 20.6 Å². The average Bonchev–Trinajstić information content (AvgIpc) is 2.13. The molecular weight excluding hydrogens is 206 g/mol. The maximum atomic E-state index is 9.90. The molecule has 4 heteroatoms. The maximum Gasteiger partial charge on any atom is 0.120 e. The smallest absolute Gasteiger partial charge is 0.120 e. The highest BCUT2D eigenvalue weighted by molar-refractivity contribution is 5.34. The quantitative estimate of drug-likeness (QED) is 0.593. The van der Waals surface area contributed by atoms with Gasteiger partial charge in [-0.05, 0) is 33.3 Å². The van der Waals surface area contributed by atoms with Crippen molar-refractivity contribution < 1.29 is 15.3 Å². The van der Waals surface area contributed by atoms with E-state index in [2.05, 4.69) is 5.32 Å². The largest absolute Gasteiger partial charge is 0.512 e. The van der Waals surface area contributed by atoms with Gasteiger partial charge in [-0.2, -0.15) is 0 Å². The Kier molecular flexibility index (Phi) is 3.99. The first-order valence-electron chi connectivity index (χ1n) is 5.56. The van der Waals surface area contributed by atoms with E-state index in [0.29, 0.717) is 19.4 Å². The lowest BCUT2D eigenvalue weighted by molar-refractivity contribution is 0.177. The number of hydrogen-bond acceptors (Lipinski definition) is 4. The van der Waals surface area contributed by atoms with Gasteiger partial charge in [0.15, 0.2) is 0 Å². The molecule has 1 rings (SSSR count). The number of nitrogens with one attached hydrogen (secondary N) is 1. The molecule has 16 heavy (non-hydrogen) atoms. The second-order valence-corrected chi connectivity index (χ2v) is 5.14. The molecule has 92 valence electrons. The molecule has 0 radical (unpaired) electrons. The Morgan fingerprint density at radius 1 is 1.38 bits per heavy atom. The third-order valence-corrected chi connectivity index (χ3v) is 2.46. The van der Waals surface area contributed by atoms with E-state index < -0.39 is 6.10 Å². The molecule has 0 saturated carbocycles. The van der Waals surface area contributed by atoms with Gasteiger partial charge in [0.25, 0.3) is 0 Å². The molecule has 0 spiro atoms. The number of aliphatic hydroxyl groups is 3. The molecule has 0 amide bonds. The Morgan fingerprint density at radius 2 is 2.00 bits per heavy atom. The molecule has 0 bridgehead atoms. The molecule has 0 aromatic carbocycles. The van der Waals surface area contributed by atoms with Crippen molar-refractivity contribution in [3.63, 3.8) is 0 Å². The van der Waals surface area contributed by atoms with Crippen LogP contribution in [0.5, 0.6) is 0 Å². The summed E-state index contributed by atoms with van der Waals surface area (Å²) in [7, 11) is 0. The van der Waals surface area contributed by atoms with Crippen molar-refractivity contribution in [2.45, 2.75) is 45.3 Å². The van der Waals surface area contributed by atoms with Gasteiger partial charge >= 0.3 is 0 Å². The second kappa shape index (κ2) is 4.89. The molecule has 0 heterocycles. The Labute approximate surface area is 96.3 Å². The van der Waals surface area contributed by atoms with Crippen molar-refractivity contribution in [1.82, 2.24) is 5.32 Å². The van der Waals surface area contributed by atoms with Crippen molar-refractivity contribution in [3.8, 4) is 0 Å². The molecule has 4 N–H and O–H groups in total. The summed E-state index contributed by atoms with van der Waals surface area (Å²) in [5, 5.41) is 32.2. The molecule has 1 aliphatic rings. The molecule has 0 aromatic heterocycles. The fourth-order valence-corrected chi connectivity index (χ4v) is 1.61. The fourth-order valence-electron chi connectivity index (χ4n) is 1.61. The summed E-state index contributed by atoms with van der Waals surface area (Å²) >= 11 is 0. The van der Waals surface area contributed by atoms with Gasteiger partial charge in [0, 0.05) is 18.5 Å². The van der Waals surface area contributed by atoms with Gasteiger partial charge in [-0.3, -0.25) is 0 Å². The molecule has 4 nitrogen and oxygen atoms in total. The van der Waals surface area contributed by atoms with Crippen LogP contribution in [0, 0.1) is 0 Å². The first kappa shape index (κ1) is 13.1. The minimum atomic E-state index is -0.879. The minimum absolute atomic E-state index is 0.00745. The number of β-amino-alcohol motifs (C(OH)–C–C–N with tert-alkyl or cyclic N) is 1. The fraction of sp³-hybridized carbons (Fsp3) is 0.667. The number of aliphatic hydroxyl groups excluding tert-OH is 3. The van der Waals surface area contributed by atoms with Crippen LogP contribution >= 0.6 is 0 Å². The molecular formula is C12H21NO3. The van der Waals surface area contributed by atoms with Gasteiger partial charge in [-0.15, -0.1) is 0 Å². The number of allylic oxidation sites excluding steroid dienone is 2. The Hall–Kier alpha value is -1.00. The average molecular weight is 227 g/mol. The Morgan fingerprint density at radius 3 is 2.50 bits per heavy atom. The zero-order valence-electron chi connectivity index (χ0n) is 10.1. The van der Waals surface area contributed by atoms with Crippen molar-refractivity contribution in [2.75, 3.05) is 6.54 Å². The summed E-state index contributed by atoms with van der Waals surface area (Å²) in [4.78, 5) is 0. The molecule has 1 unspecified atom stereocenters. The van der Waals surface area contributed by atoms with Crippen LogP contribution in [-0.4, -0.2) is 33.5 Å². The summed E-state index contributed by atoms with van der Waals surface area (Å²) in [5.74, 6) is 0.0789. The first-order valence-corrected chi connectivity index (χ1v) is 5.56. The van der Waals surface area contributed by atoms with Gasteiger partial charge in [0.1, 0.15) is 11.5 Å². The molecule has 0 fully saturated rings. The van der Waals surface area contributed by atoms with Crippen LogP contribution in [-0.2, 0) is 0 Å². The van der Waals surface area contributed by atoms with Crippen LogP contribution in [0.15, 0.2) is 23.2 Å². The number of rotatable bonds is 3. The first-order chi connectivity index (χ1) is 7.31. The predicted molar refractivity (Wildman–Crippen MR) is 63.4 cm³/mol. The van der Waals surface area contributed by atoms with Crippen molar-refractivity contribution in [2.24, 2.45) is 0 Å². The van der Waals surface area contributed by atoms with E-state index in [-0.39, 0.29) is 22.6 Å². The zero-order chi connectivity index (χ0) is 12.3. The zero-order valence-corrected chi connectivity index (χ0v) is 10.1. The van der Waals surface area contributed by atoms with E-state index in [1.807, 2.05) is 20.8 Å². The molecule has 0 aromatic rings. The Balaban J connectivity index is 2.66. The second-order valence-electron chi connectivity index (χ2n) is 5.14. The van der Waals surface area contributed by atoms with E-state index in [0.717, 1.165) is 0 Å². The van der Waals surface area contributed by atoms with E-state index in [1.165, 1.54) is 0 Å². The van der Waals surface area contributed by atoms with Crippen LogP contribution in [0.1, 0.15) is 33.6 Å². The third-order valence-electron chi connectivity index (χ3n) is 2.46. The third kappa shape index (κ3) is 3.54. The molecule has 0 saturated heterocycles. The number of hydrogen-bond donors (Lipinski definition) is 4. The van der Waals surface area contributed by atoms with Crippen LogP contribution in [0.4, 0.5) is 0 Å². The van der Waals surface area contributed by atoms with E-state index >= 15 is 0 Å². The van der Waals surface area contributed by atoms with Crippen LogP contribution < -0.4 is 5.32 Å². The van der Waals surface area contributed by atoms with Gasteiger partial charge in [-0.1, -0.05) is 0 Å². The molecule has 1 atom stereocenters. The summed E-state index contributed by atoms with van der Waals surface area (Å²) in [6, 6.07) is 0. The lowest BCUT2D eigenvalue weighted by Gasteiger charge is -2.25. The topological polar surface area (TPSA) is 72.7 Å². The van der Waals surface area contributed by atoms with Gasteiger partial charge in [0.05, 0.1) is 11.7 Å². The van der Waals surface area contributed by atoms with Gasteiger partial charge in [-0.25, -0.2) is 0 Å². The SMILES string of the molecule is CC(C)(C)NCC(O)C1=C(O)CCC=C1O. The Bertz CT molecular complexity index is 313. The predicted octanol–water partition coefficient (Wildman–Crippen LogP) is 1.78. The minimum Gasteiger partial charge on any atom is -0.512 e. The van der Waals surface area contributed by atoms with Crippen LogP contribution in [0.25, 0.3) is 0 Å². The lowest BCUT2D eigenvalue weighted by atomic mass is 9.97. The normalized spacial score (nSPS) is 19.6. The summed E-state index contributed by atoms with van der Waals surface area (Å²) in [6.07, 6.45) is 1.83. The van der Waals surface area contributed by atoms with Crippen LogP contribution in [0.2, 0.25) is 0 Å². The van der Waals surface area contributed by atoms with E-state index in [9.17, 15) is 15.3 Å². The standard InChI is InChI=1S/C12H21NO3/c1-12(2,3)13-7-10(16)11-8(14)5-4-6-9(11)15/h5,10,13-16H,4,6-7H2,1-3H3. The summed E-state index contributed by atoms with van der Waals surface area (Å²) in [5.41, 5.74) is 0.147. The summed E-state index contributed by atoms with van der Waals surface area (Å²) < 4.78 is 0. The highest BCUT2D eigenvalue weighted by atomic mass is 16.3. The maximum absolute atomic E-state index is 9.90. The van der Waals surface area contributed by atoms with Crippen molar-refractivity contribution in [1.29, 1.82) is 0 Å². The van der Waals surface area contributed by atoms with E-state index in [1.54, 1.807) is 6.08 Å². The molecule has 1 aliphatic carbocycles. The summed E-state index contributed by atoms with van der Waals surface area (Å²) in [6.45, 7) is 6.28.